The summed E-state index contributed by atoms with van der Waals surface area (Å²) >= 11 is 0. The molecule has 0 fully saturated rings. The van der Waals surface area contributed by atoms with Gasteiger partial charge in [-0.05, 0) is 18.6 Å². The molecule has 2 aromatic rings. The van der Waals surface area contributed by atoms with Crippen molar-refractivity contribution in [1.82, 2.24) is 15.5 Å². The van der Waals surface area contributed by atoms with Gasteiger partial charge in [0.1, 0.15) is 6.42 Å². The van der Waals surface area contributed by atoms with Gasteiger partial charge in [0.25, 0.3) is 0 Å². The summed E-state index contributed by atoms with van der Waals surface area (Å²) in [5.41, 5.74) is 0.852. The van der Waals surface area contributed by atoms with Gasteiger partial charge in [0.05, 0.1) is 0 Å². The Labute approximate surface area is 105 Å². The molecule has 2 rings (SSSR count). The van der Waals surface area contributed by atoms with E-state index < -0.39 is 0 Å². The van der Waals surface area contributed by atoms with Crippen LogP contribution in [0.2, 0.25) is 0 Å². The maximum absolute atomic E-state index is 11.5. The lowest BCUT2D eigenvalue weighted by Gasteiger charge is -1.99. The van der Waals surface area contributed by atoms with E-state index in [1.165, 1.54) is 0 Å². The smallest absolute Gasteiger partial charge is 0.247 e. The molecule has 0 unspecified atom stereocenters. The van der Waals surface area contributed by atoms with Crippen molar-refractivity contribution in [2.24, 2.45) is 0 Å². The van der Waals surface area contributed by atoms with Crippen LogP contribution in [0.25, 0.3) is 11.5 Å². The van der Waals surface area contributed by atoms with Crippen molar-refractivity contribution in [2.75, 3.05) is 6.54 Å². The fourth-order valence-electron chi connectivity index (χ4n) is 1.49. The Balaban J connectivity index is 2.00. The quantitative estimate of drug-likeness (QED) is 0.872. The molecule has 1 heterocycles. The number of carbonyl (C=O) groups excluding carboxylic acids is 1. The Morgan fingerprint density at radius 3 is 2.78 bits per heavy atom. The van der Waals surface area contributed by atoms with Gasteiger partial charge in [0.2, 0.25) is 17.7 Å². The predicted molar refractivity (Wildman–Crippen MR) is 66.7 cm³/mol. The van der Waals surface area contributed by atoms with Crippen molar-refractivity contribution in [1.29, 1.82) is 0 Å². The maximum atomic E-state index is 11.5. The molecule has 0 spiro atoms. The van der Waals surface area contributed by atoms with Crippen LogP contribution >= 0.6 is 0 Å². The first-order valence-electron chi connectivity index (χ1n) is 5.94. The average Bonchev–Trinajstić information content (AvgIpc) is 2.86. The highest BCUT2D eigenvalue weighted by Crippen LogP contribution is 2.16. The summed E-state index contributed by atoms with van der Waals surface area (Å²) in [6.45, 7) is 2.67. The highest BCUT2D eigenvalue weighted by molar-refractivity contribution is 5.77. The van der Waals surface area contributed by atoms with E-state index in [4.69, 9.17) is 4.42 Å². The van der Waals surface area contributed by atoms with Crippen LogP contribution in [0.1, 0.15) is 19.2 Å². The summed E-state index contributed by atoms with van der Waals surface area (Å²) in [6.07, 6.45) is 1.03. The second-order valence-corrected chi connectivity index (χ2v) is 3.89. The fourth-order valence-corrected chi connectivity index (χ4v) is 1.49. The third-order valence-electron chi connectivity index (χ3n) is 2.37. The highest BCUT2D eigenvalue weighted by atomic mass is 16.4. The number of hydrogen-bond acceptors (Lipinski definition) is 4. The largest absolute Gasteiger partial charge is 0.420 e. The van der Waals surface area contributed by atoms with E-state index in [0.717, 1.165) is 12.0 Å². The molecule has 5 nitrogen and oxygen atoms in total. The van der Waals surface area contributed by atoms with Gasteiger partial charge < -0.3 is 9.73 Å². The molecular weight excluding hydrogens is 230 g/mol. The summed E-state index contributed by atoms with van der Waals surface area (Å²) < 4.78 is 5.44. The number of benzene rings is 1. The normalized spacial score (nSPS) is 10.3. The standard InChI is InChI=1S/C13H15N3O2/c1-2-8-14-11(17)9-12-15-16-13(18-12)10-6-4-3-5-7-10/h3-7H,2,8-9H2,1H3,(H,14,17). The zero-order valence-corrected chi connectivity index (χ0v) is 10.2. The monoisotopic (exact) mass is 245 g/mol. The van der Waals surface area contributed by atoms with E-state index in [9.17, 15) is 4.79 Å². The number of nitrogens with one attached hydrogen (secondary N) is 1. The number of amides is 1. The van der Waals surface area contributed by atoms with Crippen LogP contribution in [-0.2, 0) is 11.2 Å². The maximum Gasteiger partial charge on any atom is 0.247 e. The van der Waals surface area contributed by atoms with Crippen LogP contribution in [0.4, 0.5) is 0 Å². The van der Waals surface area contributed by atoms with Gasteiger partial charge in [-0.25, -0.2) is 0 Å². The van der Waals surface area contributed by atoms with Crippen LogP contribution < -0.4 is 5.32 Å². The van der Waals surface area contributed by atoms with Crippen molar-refractivity contribution >= 4 is 5.91 Å². The van der Waals surface area contributed by atoms with Gasteiger partial charge >= 0.3 is 0 Å². The number of rotatable bonds is 5. The number of aromatic nitrogens is 2. The Morgan fingerprint density at radius 1 is 1.28 bits per heavy atom. The van der Waals surface area contributed by atoms with Crippen LogP contribution in [0.3, 0.4) is 0 Å². The van der Waals surface area contributed by atoms with E-state index in [1.54, 1.807) is 0 Å². The summed E-state index contributed by atoms with van der Waals surface area (Å²) in [6, 6.07) is 9.47. The molecule has 0 saturated heterocycles. The lowest BCUT2D eigenvalue weighted by molar-refractivity contribution is -0.120. The van der Waals surface area contributed by atoms with Gasteiger partial charge in [-0.15, -0.1) is 10.2 Å². The molecule has 1 aromatic heterocycles. The summed E-state index contributed by atoms with van der Waals surface area (Å²) in [4.78, 5) is 11.5. The molecule has 1 amide bonds. The van der Waals surface area contributed by atoms with Crippen molar-refractivity contribution < 1.29 is 9.21 Å². The predicted octanol–water partition coefficient (Wildman–Crippen LogP) is 1.81. The van der Waals surface area contributed by atoms with E-state index in [-0.39, 0.29) is 12.3 Å². The van der Waals surface area contributed by atoms with E-state index in [1.807, 2.05) is 37.3 Å². The molecule has 0 aliphatic rings. The van der Waals surface area contributed by atoms with Gasteiger partial charge in [0.15, 0.2) is 0 Å². The van der Waals surface area contributed by atoms with E-state index in [2.05, 4.69) is 15.5 Å². The van der Waals surface area contributed by atoms with E-state index >= 15 is 0 Å². The first-order valence-corrected chi connectivity index (χ1v) is 5.94. The molecule has 0 aliphatic heterocycles. The van der Waals surface area contributed by atoms with Crippen LogP contribution in [0.5, 0.6) is 0 Å². The minimum atomic E-state index is -0.0971. The first-order chi connectivity index (χ1) is 8.79. The van der Waals surface area contributed by atoms with Crippen molar-refractivity contribution in [2.45, 2.75) is 19.8 Å². The Morgan fingerprint density at radius 2 is 2.06 bits per heavy atom. The van der Waals surface area contributed by atoms with Gasteiger partial charge in [-0.1, -0.05) is 25.1 Å². The minimum absolute atomic E-state index is 0.0971. The van der Waals surface area contributed by atoms with Gasteiger partial charge in [-0.3, -0.25) is 4.79 Å². The molecule has 0 aliphatic carbocycles. The van der Waals surface area contributed by atoms with Crippen molar-refractivity contribution in [3.05, 3.63) is 36.2 Å². The van der Waals surface area contributed by atoms with Crippen molar-refractivity contribution in [3.8, 4) is 11.5 Å². The molecule has 5 heteroatoms. The second-order valence-electron chi connectivity index (χ2n) is 3.89. The highest BCUT2D eigenvalue weighted by Gasteiger charge is 2.11. The molecule has 0 radical (unpaired) electrons. The number of carbonyl (C=O) groups is 1. The molecule has 0 bridgehead atoms. The SMILES string of the molecule is CCCNC(=O)Cc1nnc(-c2ccccc2)o1. The van der Waals surface area contributed by atoms with Gasteiger partial charge in [0, 0.05) is 12.1 Å². The molecule has 18 heavy (non-hydrogen) atoms. The van der Waals surface area contributed by atoms with Crippen LogP contribution in [0, 0.1) is 0 Å². The molecule has 1 aromatic carbocycles. The summed E-state index contributed by atoms with van der Waals surface area (Å²) in [7, 11) is 0. The zero-order chi connectivity index (χ0) is 12.8. The van der Waals surface area contributed by atoms with Gasteiger partial charge in [-0.2, -0.15) is 0 Å². The fraction of sp³-hybridized carbons (Fsp3) is 0.308. The Kier molecular flexibility index (Phi) is 4.06. The topological polar surface area (TPSA) is 68.0 Å². The third-order valence-corrected chi connectivity index (χ3v) is 2.37. The molecule has 0 saturated carbocycles. The third kappa shape index (κ3) is 3.16. The Bertz CT molecular complexity index is 508. The molecule has 1 N–H and O–H groups in total. The summed E-state index contributed by atoms with van der Waals surface area (Å²) in [5.74, 6) is 0.677. The average molecular weight is 245 g/mol. The van der Waals surface area contributed by atoms with E-state index in [0.29, 0.717) is 18.3 Å². The van der Waals surface area contributed by atoms with Crippen LogP contribution in [0.15, 0.2) is 34.7 Å². The minimum Gasteiger partial charge on any atom is -0.420 e. The zero-order valence-electron chi connectivity index (χ0n) is 10.2. The summed E-state index contributed by atoms with van der Waals surface area (Å²) in [5, 5.41) is 10.5. The second kappa shape index (κ2) is 5.95. The number of hydrogen-bond donors (Lipinski definition) is 1. The molecule has 94 valence electrons. The lowest BCUT2D eigenvalue weighted by Crippen LogP contribution is -2.25. The van der Waals surface area contributed by atoms with Crippen LogP contribution in [-0.4, -0.2) is 22.6 Å². The Hall–Kier alpha value is -2.17. The molecule has 0 atom stereocenters. The van der Waals surface area contributed by atoms with Crippen molar-refractivity contribution in [3.63, 3.8) is 0 Å². The lowest BCUT2D eigenvalue weighted by atomic mass is 10.2. The molecular formula is C13H15N3O2. The first kappa shape index (κ1) is 12.3. The number of nitrogens with zero attached hydrogens (tertiary/aromatic N) is 2.